The number of benzene rings is 1. The van der Waals surface area contributed by atoms with Gasteiger partial charge in [-0.1, -0.05) is 0 Å². The van der Waals surface area contributed by atoms with Crippen LogP contribution in [0.1, 0.15) is 6.42 Å². The molecule has 1 aromatic carbocycles. The highest BCUT2D eigenvalue weighted by Gasteiger charge is 2.18. The molecule has 1 fully saturated rings. The lowest BCUT2D eigenvalue weighted by atomic mass is 10.2. The zero-order valence-electron chi connectivity index (χ0n) is 9.36. The molecule has 1 saturated heterocycles. The van der Waals surface area contributed by atoms with Gasteiger partial charge in [0.25, 0.3) is 5.91 Å². The first-order valence-electron chi connectivity index (χ1n) is 5.72. The number of fused-ring (bicyclic) bond motifs is 1. The monoisotopic (exact) mass is 250 g/mol. The topological polar surface area (TPSA) is 50.4 Å². The van der Waals surface area contributed by atoms with Gasteiger partial charge in [-0.05, 0) is 24.3 Å². The summed E-state index contributed by atoms with van der Waals surface area (Å²) in [4.78, 5) is 11.1. The first kappa shape index (κ1) is 10.8. The minimum absolute atomic E-state index is 0.0922. The maximum Gasteiger partial charge on any atom is 0.262 e. The Balaban J connectivity index is 1.76. The Bertz CT molecular complexity index is 444. The lowest BCUT2D eigenvalue weighted by Gasteiger charge is -2.20. The van der Waals surface area contributed by atoms with Gasteiger partial charge >= 0.3 is 0 Å². The number of anilines is 2. The average molecular weight is 250 g/mol. The van der Waals surface area contributed by atoms with Gasteiger partial charge in [-0.3, -0.25) is 4.79 Å². The number of carbonyl (C=O) groups is 1. The molecule has 3 rings (SSSR count). The summed E-state index contributed by atoms with van der Waals surface area (Å²) in [5.74, 6) is 3.05. The van der Waals surface area contributed by atoms with Gasteiger partial charge in [0.1, 0.15) is 5.75 Å². The molecular formula is C12H14N2O2S. The van der Waals surface area contributed by atoms with Crippen molar-refractivity contribution >= 4 is 29.0 Å². The number of amides is 1. The van der Waals surface area contributed by atoms with Crippen LogP contribution in [0, 0.1) is 0 Å². The van der Waals surface area contributed by atoms with Crippen LogP contribution in [0.3, 0.4) is 0 Å². The van der Waals surface area contributed by atoms with Gasteiger partial charge in [-0.2, -0.15) is 11.8 Å². The Hall–Kier alpha value is -1.36. The third kappa shape index (κ3) is 2.34. The number of thioether (sulfide) groups is 1. The summed E-state index contributed by atoms with van der Waals surface area (Å²) in [6.45, 7) is 0.107. The summed E-state index contributed by atoms with van der Waals surface area (Å²) in [5.41, 5.74) is 1.82. The fraction of sp³-hybridized carbons (Fsp3) is 0.417. The molecule has 1 amide bonds. The molecule has 0 saturated carbocycles. The number of hydrogen-bond acceptors (Lipinski definition) is 4. The molecule has 90 valence electrons. The fourth-order valence-corrected chi connectivity index (χ4v) is 3.20. The second-order valence-corrected chi connectivity index (χ2v) is 5.40. The standard InChI is InChI=1S/C12H14N2O2S/c15-12-6-16-11-5-8(1-2-10(11)14-12)13-9-3-4-17-7-9/h1-2,5,9,13H,3-4,6-7H2,(H,14,15)/t9-/m0/s1. The Labute approximate surface area is 104 Å². The van der Waals surface area contributed by atoms with Gasteiger partial charge in [0.05, 0.1) is 5.69 Å². The summed E-state index contributed by atoms with van der Waals surface area (Å²) < 4.78 is 5.38. The molecule has 4 nitrogen and oxygen atoms in total. The van der Waals surface area contributed by atoms with E-state index in [1.165, 1.54) is 12.2 Å². The highest BCUT2D eigenvalue weighted by atomic mass is 32.2. The Morgan fingerprint density at radius 2 is 2.41 bits per heavy atom. The predicted molar refractivity (Wildman–Crippen MR) is 69.9 cm³/mol. The lowest BCUT2D eigenvalue weighted by molar-refractivity contribution is -0.118. The molecular weight excluding hydrogens is 236 g/mol. The van der Waals surface area contributed by atoms with Crippen LogP contribution in [0.15, 0.2) is 18.2 Å². The third-order valence-corrected chi connectivity index (χ3v) is 4.08. The summed E-state index contributed by atoms with van der Waals surface area (Å²) >= 11 is 1.98. The number of nitrogens with one attached hydrogen (secondary N) is 2. The quantitative estimate of drug-likeness (QED) is 0.842. The lowest BCUT2D eigenvalue weighted by Crippen LogP contribution is -2.25. The zero-order chi connectivity index (χ0) is 11.7. The number of ether oxygens (including phenoxy) is 1. The van der Waals surface area contributed by atoms with Gasteiger partial charge < -0.3 is 15.4 Å². The van der Waals surface area contributed by atoms with Gasteiger partial charge in [0, 0.05) is 23.5 Å². The van der Waals surface area contributed by atoms with Crippen LogP contribution in [0.5, 0.6) is 5.75 Å². The van der Waals surface area contributed by atoms with Crippen molar-refractivity contribution in [3.8, 4) is 5.75 Å². The molecule has 2 aliphatic heterocycles. The summed E-state index contributed by atoms with van der Waals surface area (Å²) in [7, 11) is 0. The molecule has 2 heterocycles. The second kappa shape index (κ2) is 4.49. The molecule has 0 aliphatic carbocycles. The van der Waals surface area contributed by atoms with Crippen LogP contribution in [0.25, 0.3) is 0 Å². The molecule has 0 radical (unpaired) electrons. The Morgan fingerprint density at radius 3 is 3.24 bits per heavy atom. The van der Waals surface area contributed by atoms with Crippen molar-refractivity contribution in [2.75, 3.05) is 28.7 Å². The number of rotatable bonds is 2. The van der Waals surface area contributed by atoms with E-state index in [9.17, 15) is 4.79 Å². The molecule has 1 aromatic rings. The number of carbonyl (C=O) groups excluding carboxylic acids is 1. The summed E-state index contributed by atoms with van der Waals surface area (Å²) in [5, 5.41) is 6.27. The third-order valence-electron chi connectivity index (χ3n) is 2.91. The molecule has 1 atom stereocenters. The smallest absolute Gasteiger partial charge is 0.262 e. The maximum atomic E-state index is 11.1. The van der Waals surface area contributed by atoms with E-state index >= 15 is 0 Å². The number of hydrogen-bond donors (Lipinski definition) is 2. The van der Waals surface area contributed by atoms with Crippen LogP contribution in [-0.4, -0.2) is 30.1 Å². The fourth-order valence-electron chi connectivity index (χ4n) is 2.05. The molecule has 0 bridgehead atoms. The molecule has 0 unspecified atom stereocenters. The highest BCUT2D eigenvalue weighted by Crippen LogP contribution is 2.31. The van der Waals surface area contributed by atoms with Gasteiger partial charge in [-0.15, -0.1) is 0 Å². The first-order chi connectivity index (χ1) is 8.31. The van der Waals surface area contributed by atoms with E-state index in [1.807, 2.05) is 30.0 Å². The van der Waals surface area contributed by atoms with Crippen LogP contribution >= 0.6 is 11.8 Å². The van der Waals surface area contributed by atoms with Gasteiger partial charge in [0.2, 0.25) is 0 Å². The van der Waals surface area contributed by atoms with Crippen molar-refractivity contribution in [2.45, 2.75) is 12.5 Å². The summed E-state index contributed by atoms with van der Waals surface area (Å²) in [6, 6.07) is 6.38. The van der Waals surface area contributed by atoms with Crippen molar-refractivity contribution < 1.29 is 9.53 Å². The van der Waals surface area contributed by atoms with E-state index in [4.69, 9.17) is 4.74 Å². The van der Waals surface area contributed by atoms with Gasteiger partial charge in [-0.25, -0.2) is 0 Å². The Morgan fingerprint density at radius 1 is 1.47 bits per heavy atom. The van der Waals surface area contributed by atoms with Crippen molar-refractivity contribution in [1.82, 2.24) is 0 Å². The van der Waals surface area contributed by atoms with E-state index in [0.717, 1.165) is 22.9 Å². The van der Waals surface area contributed by atoms with Crippen LogP contribution in [-0.2, 0) is 4.79 Å². The minimum Gasteiger partial charge on any atom is -0.482 e. The first-order valence-corrected chi connectivity index (χ1v) is 6.88. The SMILES string of the molecule is O=C1COc2cc(N[C@H]3CCSC3)ccc2N1. The van der Waals surface area contributed by atoms with Crippen LogP contribution < -0.4 is 15.4 Å². The van der Waals surface area contributed by atoms with E-state index < -0.39 is 0 Å². The Kier molecular flexibility index (Phi) is 2.84. The molecule has 0 spiro atoms. The van der Waals surface area contributed by atoms with E-state index in [2.05, 4.69) is 10.6 Å². The second-order valence-electron chi connectivity index (χ2n) is 4.25. The van der Waals surface area contributed by atoms with Crippen LogP contribution in [0.2, 0.25) is 0 Å². The molecule has 2 aliphatic rings. The largest absolute Gasteiger partial charge is 0.482 e. The normalized spacial score (nSPS) is 22.6. The van der Waals surface area contributed by atoms with E-state index in [1.54, 1.807) is 0 Å². The minimum atomic E-state index is -0.0922. The average Bonchev–Trinajstić information content (AvgIpc) is 2.82. The molecule has 17 heavy (non-hydrogen) atoms. The van der Waals surface area contributed by atoms with Crippen molar-refractivity contribution in [3.63, 3.8) is 0 Å². The molecule has 2 N–H and O–H groups in total. The maximum absolute atomic E-state index is 11.1. The van der Waals surface area contributed by atoms with Crippen molar-refractivity contribution in [1.29, 1.82) is 0 Å². The van der Waals surface area contributed by atoms with Gasteiger partial charge in [0.15, 0.2) is 6.61 Å². The van der Waals surface area contributed by atoms with Crippen molar-refractivity contribution in [3.05, 3.63) is 18.2 Å². The predicted octanol–water partition coefficient (Wildman–Crippen LogP) is 1.93. The van der Waals surface area contributed by atoms with E-state index in [-0.39, 0.29) is 12.5 Å². The zero-order valence-corrected chi connectivity index (χ0v) is 10.2. The molecule has 5 heteroatoms. The van der Waals surface area contributed by atoms with Crippen molar-refractivity contribution in [2.24, 2.45) is 0 Å². The van der Waals surface area contributed by atoms with E-state index in [0.29, 0.717) is 6.04 Å². The molecule has 0 aromatic heterocycles. The van der Waals surface area contributed by atoms with Crippen LogP contribution in [0.4, 0.5) is 11.4 Å². The highest BCUT2D eigenvalue weighted by molar-refractivity contribution is 7.99. The summed E-state index contributed by atoms with van der Waals surface area (Å²) in [6.07, 6.45) is 1.21.